The highest BCUT2D eigenvalue weighted by atomic mass is 16.4. The SMILES string of the molecule is NCC1C[C@@](N)(C(=O)O)C[C@@H]1CCB(O)O. The first kappa shape index (κ1) is 13.4. The van der Waals surface area contributed by atoms with Crippen molar-refractivity contribution in [3.63, 3.8) is 0 Å². The van der Waals surface area contributed by atoms with Gasteiger partial charge in [0.15, 0.2) is 0 Å². The summed E-state index contributed by atoms with van der Waals surface area (Å²) in [6.45, 7) is 0.387. The molecule has 1 aliphatic rings. The Bertz CT molecular complexity index is 264. The van der Waals surface area contributed by atoms with E-state index in [2.05, 4.69) is 0 Å². The van der Waals surface area contributed by atoms with Crippen LogP contribution in [0.15, 0.2) is 0 Å². The molecule has 6 nitrogen and oxygen atoms in total. The monoisotopic (exact) mass is 230 g/mol. The molecular weight excluding hydrogens is 211 g/mol. The van der Waals surface area contributed by atoms with E-state index < -0.39 is 18.6 Å². The molecule has 0 aromatic carbocycles. The predicted molar refractivity (Wildman–Crippen MR) is 59.4 cm³/mol. The van der Waals surface area contributed by atoms with Crippen molar-refractivity contribution in [3.05, 3.63) is 0 Å². The van der Waals surface area contributed by atoms with Gasteiger partial charge in [0.25, 0.3) is 0 Å². The van der Waals surface area contributed by atoms with Gasteiger partial charge in [0, 0.05) is 0 Å². The average molecular weight is 230 g/mol. The standard InChI is InChI=1S/C9H19BN2O4/c11-5-7-4-9(12,8(13)14)3-6(7)1-2-10(15)16/h6-7,15-16H,1-5,11-12H2,(H,13,14)/t6-,7?,9+/m0/s1. The smallest absolute Gasteiger partial charge is 0.451 e. The zero-order valence-electron chi connectivity index (χ0n) is 9.17. The van der Waals surface area contributed by atoms with Gasteiger partial charge < -0.3 is 26.6 Å². The number of carboxylic acids is 1. The molecule has 16 heavy (non-hydrogen) atoms. The summed E-state index contributed by atoms with van der Waals surface area (Å²) in [5.41, 5.74) is 10.2. The van der Waals surface area contributed by atoms with Crippen LogP contribution in [0.4, 0.5) is 0 Å². The molecule has 0 bridgehead atoms. The van der Waals surface area contributed by atoms with Crippen LogP contribution in [0.2, 0.25) is 6.32 Å². The largest absolute Gasteiger partial charge is 0.480 e. The zero-order chi connectivity index (χ0) is 12.3. The number of rotatable bonds is 5. The normalized spacial score (nSPS) is 34.0. The van der Waals surface area contributed by atoms with Crippen LogP contribution in [-0.2, 0) is 4.79 Å². The molecule has 0 saturated heterocycles. The minimum absolute atomic E-state index is 0.0554. The van der Waals surface area contributed by atoms with E-state index in [4.69, 9.17) is 26.6 Å². The van der Waals surface area contributed by atoms with Crippen molar-refractivity contribution in [3.8, 4) is 0 Å². The molecule has 0 aliphatic heterocycles. The Kier molecular flexibility index (Phi) is 4.31. The molecule has 1 rings (SSSR count). The summed E-state index contributed by atoms with van der Waals surface area (Å²) in [5.74, 6) is -0.884. The fraction of sp³-hybridized carbons (Fsp3) is 0.889. The fourth-order valence-corrected chi connectivity index (χ4v) is 2.50. The highest BCUT2D eigenvalue weighted by molar-refractivity contribution is 6.40. The minimum atomic E-state index is -1.35. The highest BCUT2D eigenvalue weighted by Crippen LogP contribution is 2.40. The molecule has 3 atom stereocenters. The molecule has 1 aliphatic carbocycles. The third-order valence-electron chi connectivity index (χ3n) is 3.44. The van der Waals surface area contributed by atoms with E-state index in [0.717, 1.165) is 0 Å². The topological polar surface area (TPSA) is 130 Å². The van der Waals surface area contributed by atoms with Gasteiger partial charge in [-0.3, -0.25) is 4.79 Å². The van der Waals surface area contributed by atoms with E-state index in [1.165, 1.54) is 0 Å². The molecule has 0 spiro atoms. The lowest BCUT2D eigenvalue weighted by molar-refractivity contribution is -0.143. The van der Waals surface area contributed by atoms with Gasteiger partial charge in [-0.25, -0.2) is 0 Å². The Morgan fingerprint density at radius 2 is 1.94 bits per heavy atom. The van der Waals surface area contributed by atoms with Crippen molar-refractivity contribution in [2.75, 3.05) is 6.54 Å². The number of hydrogen-bond acceptors (Lipinski definition) is 5. The number of aliphatic carboxylic acids is 1. The van der Waals surface area contributed by atoms with Gasteiger partial charge in [0.05, 0.1) is 0 Å². The van der Waals surface area contributed by atoms with Gasteiger partial charge in [0.1, 0.15) is 5.54 Å². The van der Waals surface area contributed by atoms with E-state index in [0.29, 0.717) is 25.8 Å². The summed E-state index contributed by atoms with van der Waals surface area (Å²) in [5, 5.41) is 26.6. The first-order valence-electron chi connectivity index (χ1n) is 5.47. The van der Waals surface area contributed by atoms with E-state index in [1.54, 1.807) is 0 Å². The van der Waals surface area contributed by atoms with Crippen LogP contribution in [0.1, 0.15) is 19.3 Å². The second-order valence-corrected chi connectivity index (χ2v) is 4.68. The van der Waals surface area contributed by atoms with Gasteiger partial charge >= 0.3 is 13.1 Å². The summed E-state index contributed by atoms with van der Waals surface area (Å²) in [6, 6.07) is 0. The second-order valence-electron chi connectivity index (χ2n) is 4.68. The predicted octanol–water partition coefficient (Wildman–Crippen LogP) is -1.38. The minimum Gasteiger partial charge on any atom is -0.480 e. The van der Waals surface area contributed by atoms with Crippen molar-refractivity contribution < 1.29 is 19.9 Å². The zero-order valence-corrected chi connectivity index (χ0v) is 9.17. The third kappa shape index (κ3) is 2.94. The Labute approximate surface area is 94.8 Å². The summed E-state index contributed by atoms with van der Waals surface area (Å²) >= 11 is 0. The number of carboxylic acid groups (broad SMARTS) is 1. The molecule has 7 N–H and O–H groups in total. The lowest BCUT2D eigenvalue weighted by Crippen LogP contribution is -2.45. The van der Waals surface area contributed by atoms with Crippen LogP contribution in [0, 0.1) is 11.8 Å². The maximum Gasteiger partial charge on any atom is 0.451 e. The van der Waals surface area contributed by atoms with Crippen LogP contribution in [0.5, 0.6) is 0 Å². The van der Waals surface area contributed by atoms with Crippen LogP contribution in [0.3, 0.4) is 0 Å². The molecule has 0 aromatic rings. The molecule has 1 saturated carbocycles. The maximum atomic E-state index is 11.0. The van der Waals surface area contributed by atoms with Gasteiger partial charge in [0.2, 0.25) is 0 Å². The Morgan fingerprint density at radius 3 is 2.38 bits per heavy atom. The van der Waals surface area contributed by atoms with Crippen molar-refractivity contribution in [1.82, 2.24) is 0 Å². The second kappa shape index (κ2) is 5.14. The van der Waals surface area contributed by atoms with Gasteiger partial charge in [-0.05, 0) is 37.5 Å². The van der Waals surface area contributed by atoms with Crippen LogP contribution in [0.25, 0.3) is 0 Å². The lowest BCUT2D eigenvalue weighted by Gasteiger charge is -2.17. The molecular formula is C9H19BN2O4. The molecule has 7 heteroatoms. The molecule has 92 valence electrons. The molecule has 0 aromatic heterocycles. The molecule has 0 amide bonds. The Hall–Kier alpha value is -0.625. The lowest BCUT2D eigenvalue weighted by atomic mass is 9.78. The molecule has 1 fully saturated rings. The maximum absolute atomic E-state index is 11.0. The number of hydrogen-bond donors (Lipinski definition) is 5. The van der Waals surface area contributed by atoms with E-state index in [-0.39, 0.29) is 18.2 Å². The summed E-state index contributed by atoms with van der Waals surface area (Å²) in [4.78, 5) is 11.0. The molecule has 0 heterocycles. The molecule has 0 radical (unpaired) electrons. The highest BCUT2D eigenvalue weighted by Gasteiger charge is 2.47. The third-order valence-corrected chi connectivity index (χ3v) is 3.44. The van der Waals surface area contributed by atoms with Crippen molar-refractivity contribution in [2.45, 2.75) is 31.1 Å². The summed E-state index contributed by atoms with van der Waals surface area (Å²) < 4.78 is 0. The Morgan fingerprint density at radius 1 is 1.38 bits per heavy atom. The average Bonchev–Trinajstić information content (AvgIpc) is 2.53. The van der Waals surface area contributed by atoms with E-state index >= 15 is 0 Å². The van der Waals surface area contributed by atoms with E-state index in [9.17, 15) is 4.79 Å². The fourth-order valence-electron chi connectivity index (χ4n) is 2.50. The van der Waals surface area contributed by atoms with Crippen LogP contribution in [-0.4, -0.2) is 40.3 Å². The van der Waals surface area contributed by atoms with Gasteiger partial charge in [-0.15, -0.1) is 0 Å². The van der Waals surface area contributed by atoms with Gasteiger partial charge in [-0.2, -0.15) is 0 Å². The summed E-state index contributed by atoms with van der Waals surface area (Å²) in [6.07, 6.45) is 1.50. The van der Waals surface area contributed by atoms with Crippen molar-refractivity contribution >= 4 is 13.1 Å². The van der Waals surface area contributed by atoms with Crippen LogP contribution >= 0.6 is 0 Å². The quantitative estimate of drug-likeness (QED) is 0.370. The molecule has 1 unspecified atom stereocenters. The van der Waals surface area contributed by atoms with E-state index in [1.807, 2.05) is 0 Å². The Balaban J connectivity index is 2.60. The number of nitrogens with two attached hydrogens (primary N) is 2. The first-order valence-corrected chi connectivity index (χ1v) is 5.47. The first-order chi connectivity index (χ1) is 7.39. The number of carbonyl (C=O) groups is 1. The van der Waals surface area contributed by atoms with Crippen LogP contribution < -0.4 is 11.5 Å². The van der Waals surface area contributed by atoms with Crippen molar-refractivity contribution in [2.24, 2.45) is 23.3 Å². The van der Waals surface area contributed by atoms with Gasteiger partial charge in [-0.1, -0.05) is 6.42 Å². The summed E-state index contributed by atoms with van der Waals surface area (Å²) in [7, 11) is -1.35. The van der Waals surface area contributed by atoms with Crippen molar-refractivity contribution in [1.29, 1.82) is 0 Å².